The number of nitrogens with one attached hydrogen (secondary N) is 2. The second-order valence-electron chi connectivity index (χ2n) is 6.67. The molecule has 0 unspecified atom stereocenters. The molecule has 2 aliphatic heterocycles. The topological polar surface area (TPSA) is 33.3 Å². The van der Waals surface area contributed by atoms with Crippen LogP contribution in [0.2, 0.25) is 0 Å². The minimum atomic E-state index is 0.590. The summed E-state index contributed by atoms with van der Waals surface area (Å²) >= 11 is 0. The highest BCUT2D eigenvalue weighted by atomic mass is 16.5. The molecular formula is C20H24N2O. The lowest BCUT2D eigenvalue weighted by Gasteiger charge is -2.16. The molecule has 2 atom stereocenters. The number of anilines is 1. The average Bonchev–Trinajstić information content (AvgIpc) is 2.75. The SMILES string of the molecule is COc1ccc(-c2ccc3c(c2)[C@@H]2CCNCC[C@@H]2N3)c(C)c1. The molecule has 2 heterocycles. The molecule has 0 spiro atoms. The second-order valence-corrected chi connectivity index (χ2v) is 6.67. The predicted octanol–water partition coefficient (Wildman–Crippen LogP) is 3.93. The van der Waals surface area contributed by atoms with Gasteiger partial charge in [0.2, 0.25) is 0 Å². The summed E-state index contributed by atoms with van der Waals surface area (Å²) in [4.78, 5) is 0. The minimum absolute atomic E-state index is 0.590. The number of rotatable bonds is 2. The highest BCUT2D eigenvalue weighted by Gasteiger charge is 2.32. The largest absolute Gasteiger partial charge is 0.497 e. The van der Waals surface area contributed by atoms with Crippen LogP contribution in [0.1, 0.15) is 29.9 Å². The monoisotopic (exact) mass is 308 g/mol. The summed E-state index contributed by atoms with van der Waals surface area (Å²) in [5.41, 5.74) is 6.69. The number of hydrogen-bond acceptors (Lipinski definition) is 3. The first kappa shape index (κ1) is 14.6. The Bertz CT molecular complexity index is 726. The summed E-state index contributed by atoms with van der Waals surface area (Å²) in [6.07, 6.45) is 2.42. The zero-order valence-corrected chi connectivity index (χ0v) is 13.9. The van der Waals surface area contributed by atoms with Gasteiger partial charge in [0.05, 0.1) is 7.11 Å². The molecule has 2 N–H and O–H groups in total. The first-order valence-corrected chi connectivity index (χ1v) is 8.52. The van der Waals surface area contributed by atoms with Gasteiger partial charge < -0.3 is 15.4 Å². The summed E-state index contributed by atoms with van der Waals surface area (Å²) in [5.74, 6) is 1.56. The fourth-order valence-electron chi connectivity index (χ4n) is 4.04. The van der Waals surface area contributed by atoms with Crippen LogP contribution in [0.25, 0.3) is 11.1 Å². The molecule has 120 valence electrons. The fourth-order valence-corrected chi connectivity index (χ4v) is 4.04. The van der Waals surface area contributed by atoms with Gasteiger partial charge in [-0.1, -0.05) is 12.1 Å². The van der Waals surface area contributed by atoms with Crippen LogP contribution in [0.4, 0.5) is 5.69 Å². The third-order valence-corrected chi connectivity index (χ3v) is 5.29. The van der Waals surface area contributed by atoms with E-state index in [9.17, 15) is 0 Å². The maximum atomic E-state index is 5.33. The second kappa shape index (κ2) is 5.89. The number of benzene rings is 2. The van der Waals surface area contributed by atoms with E-state index in [1.54, 1.807) is 7.11 Å². The normalized spacial score (nSPS) is 22.7. The van der Waals surface area contributed by atoms with Crippen molar-refractivity contribution >= 4 is 5.69 Å². The molecule has 2 aliphatic rings. The van der Waals surface area contributed by atoms with E-state index in [0.29, 0.717) is 12.0 Å². The van der Waals surface area contributed by atoms with E-state index in [-0.39, 0.29) is 0 Å². The smallest absolute Gasteiger partial charge is 0.119 e. The molecule has 4 rings (SSSR count). The van der Waals surface area contributed by atoms with E-state index >= 15 is 0 Å². The van der Waals surface area contributed by atoms with Gasteiger partial charge in [-0.25, -0.2) is 0 Å². The molecule has 1 saturated heterocycles. The molecule has 23 heavy (non-hydrogen) atoms. The minimum Gasteiger partial charge on any atom is -0.497 e. The third kappa shape index (κ3) is 2.59. The van der Waals surface area contributed by atoms with Crippen molar-refractivity contribution in [3.8, 4) is 16.9 Å². The first-order chi connectivity index (χ1) is 11.3. The van der Waals surface area contributed by atoms with Crippen molar-refractivity contribution in [2.24, 2.45) is 0 Å². The molecule has 2 aromatic carbocycles. The van der Waals surface area contributed by atoms with Gasteiger partial charge in [-0.3, -0.25) is 0 Å². The number of fused-ring (bicyclic) bond motifs is 3. The lowest BCUT2D eigenvalue weighted by Crippen LogP contribution is -2.21. The first-order valence-electron chi connectivity index (χ1n) is 8.52. The summed E-state index contributed by atoms with van der Waals surface area (Å²) in [7, 11) is 1.72. The standard InChI is InChI=1S/C20H24N2O/c1-13-11-15(23-2)4-5-16(13)14-3-6-19-18(12-14)17-7-9-21-10-8-20(17)22-19/h3-6,11-12,17,20-22H,7-10H2,1-2H3/t17-,20-/m0/s1. The van der Waals surface area contributed by atoms with Crippen LogP contribution in [-0.2, 0) is 0 Å². The van der Waals surface area contributed by atoms with E-state index in [2.05, 4.69) is 47.9 Å². The van der Waals surface area contributed by atoms with Crippen LogP contribution in [0.15, 0.2) is 36.4 Å². The Balaban J connectivity index is 1.72. The number of ether oxygens (including phenoxy) is 1. The zero-order chi connectivity index (χ0) is 15.8. The third-order valence-electron chi connectivity index (χ3n) is 5.29. The zero-order valence-electron chi connectivity index (χ0n) is 13.9. The maximum absolute atomic E-state index is 5.33. The van der Waals surface area contributed by atoms with Gasteiger partial charge >= 0.3 is 0 Å². The molecule has 0 bridgehead atoms. The molecule has 3 heteroatoms. The molecular weight excluding hydrogens is 284 g/mol. The molecule has 0 aliphatic carbocycles. The van der Waals surface area contributed by atoms with Crippen molar-refractivity contribution in [1.29, 1.82) is 0 Å². The van der Waals surface area contributed by atoms with Crippen molar-refractivity contribution in [1.82, 2.24) is 5.32 Å². The van der Waals surface area contributed by atoms with Crippen LogP contribution >= 0.6 is 0 Å². The van der Waals surface area contributed by atoms with E-state index < -0.39 is 0 Å². The van der Waals surface area contributed by atoms with Gasteiger partial charge in [-0.2, -0.15) is 0 Å². The summed E-state index contributed by atoms with van der Waals surface area (Å²) < 4.78 is 5.33. The van der Waals surface area contributed by atoms with E-state index in [4.69, 9.17) is 4.74 Å². The van der Waals surface area contributed by atoms with Crippen molar-refractivity contribution < 1.29 is 4.74 Å². The van der Waals surface area contributed by atoms with Gasteiger partial charge in [-0.05, 0) is 79.4 Å². The van der Waals surface area contributed by atoms with Gasteiger partial charge in [0, 0.05) is 17.6 Å². The van der Waals surface area contributed by atoms with E-state index in [1.165, 1.54) is 40.8 Å². The van der Waals surface area contributed by atoms with Crippen molar-refractivity contribution in [3.05, 3.63) is 47.5 Å². The Morgan fingerprint density at radius 3 is 2.74 bits per heavy atom. The summed E-state index contributed by atoms with van der Waals surface area (Å²) in [5, 5.41) is 7.25. The van der Waals surface area contributed by atoms with Crippen LogP contribution in [-0.4, -0.2) is 26.2 Å². The van der Waals surface area contributed by atoms with Gasteiger partial charge in [-0.15, -0.1) is 0 Å². The molecule has 0 radical (unpaired) electrons. The predicted molar refractivity (Wildman–Crippen MR) is 95.4 cm³/mol. The van der Waals surface area contributed by atoms with Crippen molar-refractivity contribution in [2.75, 3.05) is 25.5 Å². The van der Waals surface area contributed by atoms with E-state index in [1.807, 2.05) is 6.07 Å². The Hall–Kier alpha value is -2.00. The van der Waals surface area contributed by atoms with Crippen LogP contribution in [0.3, 0.4) is 0 Å². The Labute approximate surface area is 138 Å². The molecule has 1 fully saturated rings. The number of aryl methyl sites for hydroxylation is 1. The van der Waals surface area contributed by atoms with Crippen LogP contribution < -0.4 is 15.4 Å². The fraction of sp³-hybridized carbons (Fsp3) is 0.400. The lowest BCUT2D eigenvalue weighted by atomic mass is 9.89. The number of methoxy groups -OCH3 is 1. The van der Waals surface area contributed by atoms with Crippen molar-refractivity contribution in [2.45, 2.75) is 31.7 Å². The quantitative estimate of drug-likeness (QED) is 0.882. The van der Waals surface area contributed by atoms with Gasteiger partial charge in [0.1, 0.15) is 5.75 Å². The maximum Gasteiger partial charge on any atom is 0.119 e. The van der Waals surface area contributed by atoms with E-state index in [0.717, 1.165) is 18.8 Å². The molecule has 0 aromatic heterocycles. The molecule has 0 amide bonds. The molecule has 2 aromatic rings. The van der Waals surface area contributed by atoms with Crippen molar-refractivity contribution in [3.63, 3.8) is 0 Å². The van der Waals surface area contributed by atoms with Gasteiger partial charge in [0.15, 0.2) is 0 Å². The van der Waals surface area contributed by atoms with Gasteiger partial charge in [0.25, 0.3) is 0 Å². The highest BCUT2D eigenvalue weighted by molar-refractivity contribution is 5.73. The lowest BCUT2D eigenvalue weighted by molar-refractivity contribution is 0.414. The number of hydrogen-bond donors (Lipinski definition) is 2. The average molecular weight is 308 g/mol. The summed E-state index contributed by atoms with van der Waals surface area (Å²) in [6.45, 7) is 4.39. The van der Waals surface area contributed by atoms with Crippen LogP contribution in [0, 0.1) is 6.92 Å². The Morgan fingerprint density at radius 2 is 1.91 bits per heavy atom. The molecule has 0 saturated carbocycles. The summed E-state index contributed by atoms with van der Waals surface area (Å²) in [6, 6.07) is 13.8. The highest BCUT2D eigenvalue weighted by Crippen LogP contribution is 2.42. The Morgan fingerprint density at radius 1 is 1.04 bits per heavy atom. The molecule has 3 nitrogen and oxygen atoms in total. The Kier molecular flexibility index (Phi) is 3.74. The van der Waals surface area contributed by atoms with Crippen LogP contribution in [0.5, 0.6) is 5.75 Å².